The van der Waals surface area contributed by atoms with Crippen molar-refractivity contribution >= 4 is 17.6 Å². The third-order valence-corrected chi connectivity index (χ3v) is 5.42. The third-order valence-electron chi connectivity index (χ3n) is 5.42. The Morgan fingerprint density at radius 2 is 1.06 bits per heavy atom. The van der Waals surface area contributed by atoms with Crippen LogP contribution in [0.15, 0.2) is 42.6 Å². The lowest BCUT2D eigenvalue weighted by Gasteiger charge is -2.23. The molecule has 0 radical (unpaired) electrons. The van der Waals surface area contributed by atoms with Crippen molar-refractivity contribution in [3.8, 4) is 34.5 Å². The molecule has 0 atom stereocenters. The minimum atomic E-state index is -0.658. The number of anilines is 1. The van der Waals surface area contributed by atoms with Crippen molar-refractivity contribution < 1.29 is 38.0 Å². The molecule has 1 heterocycles. The molecule has 0 fully saturated rings. The van der Waals surface area contributed by atoms with Gasteiger partial charge in [0.05, 0.1) is 42.7 Å². The van der Waals surface area contributed by atoms with Crippen molar-refractivity contribution in [3.63, 3.8) is 0 Å². The summed E-state index contributed by atoms with van der Waals surface area (Å²) in [6, 6.07) is 9.34. The van der Waals surface area contributed by atoms with E-state index in [0.29, 0.717) is 17.1 Å². The molecule has 2 amide bonds. The molecule has 0 aliphatic carbocycles. The first-order valence-electron chi connectivity index (χ1n) is 10.7. The van der Waals surface area contributed by atoms with E-state index < -0.39 is 11.8 Å². The number of ether oxygens (including phenoxy) is 6. The second kappa shape index (κ2) is 11.3. The van der Waals surface area contributed by atoms with Gasteiger partial charge < -0.3 is 28.4 Å². The van der Waals surface area contributed by atoms with Gasteiger partial charge in [-0.1, -0.05) is 6.07 Å². The average molecular weight is 497 g/mol. The van der Waals surface area contributed by atoms with E-state index in [2.05, 4.69) is 4.98 Å². The number of imide groups is 1. The standard InChI is InChI=1S/C26H28N2O8/c1-15-9-8-10-27-24(15)28(25(29)16-11-18(31-2)22(35-6)19(12-16)32-3)26(30)17-13-20(33-4)23(36-7)21(14-17)34-5/h8-14H,1-7H3. The number of carbonyl (C=O) groups is 2. The Kier molecular flexibility index (Phi) is 8.21. The highest BCUT2D eigenvalue weighted by atomic mass is 16.5. The largest absolute Gasteiger partial charge is 0.493 e. The number of hydrogen-bond donors (Lipinski definition) is 0. The Labute approximate surface area is 209 Å². The summed E-state index contributed by atoms with van der Waals surface area (Å²) < 4.78 is 32.3. The Morgan fingerprint density at radius 1 is 0.667 bits per heavy atom. The zero-order valence-corrected chi connectivity index (χ0v) is 21.2. The number of carbonyl (C=O) groups excluding carboxylic acids is 2. The van der Waals surface area contributed by atoms with E-state index >= 15 is 0 Å². The molecule has 0 aliphatic rings. The van der Waals surface area contributed by atoms with E-state index in [1.807, 2.05) is 0 Å². The fourth-order valence-electron chi connectivity index (χ4n) is 3.66. The summed E-state index contributed by atoms with van der Waals surface area (Å²) in [7, 11) is 8.67. The number of methoxy groups -OCH3 is 6. The fraction of sp³-hybridized carbons (Fsp3) is 0.269. The van der Waals surface area contributed by atoms with Crippen LogP contribution in [0, 0.1) is 6.92 Å². The maximum absolute atomic E-state index is 13.9. The highest BCUT2D eigenvalue weighted by Crippen LogP contribution is 2.40. The molecular weight excluding hydrogens is 468 g/mol. The van der Waals surface area contributed by atoms with E-state index in [1.165, 1.54) is 73.1 Å². The van der Waals surface area contributed by atoms with E-state index in [4.69, 9.17) is 28.4 Å². The van der Waals surface area contributed by atoms with Crippen LogP contribution in [0.25, 0.3) is 0 Å². The first-order chi connectivity index (χ1) is 17.3. The molecule has 10 heteroatoms. The lowest BCUT2D eigenvalue weighted by atomic mass is 10.1. The monoisotopic (exact) mass is 496 g/mol. The SMILES string of the molecule is COc1cc(C(=O)N(C(=O)c2cc(OC)c(OC)c(OC)c2)c2ncccc2C)cc(OC)c1OC. The minimum Gasteiger partial charge on any atom is -0.493 e. The number of nitrogens with zero attached hydrogens (tertiary/aromatic N) is 2. The molecule has 3 rings (SSSR count). The van der Waals surface area contributed by atoms with E-state index in [0.717, 1.165) is 4.90 Å². The van der Waals surface area contributed by atoms with Crippen LogP contribution in [-0.2, 0) is 0 Å². The molecule has 0 N–H and O–H groups in total. The van der Waals surface area contributed by atoms with Crippen molar-refractivity contribution in [1.29, 1.82) is 0 Å². The number of amides is 2. The first-order valence-corrected chi connectivity index (χ1v) is 10.7. The van der Waals surface area contributed by atoms with Crippen LogP contribution in [0.2, 0.25) is 0 Å². The van der Waals surface area contributed by atoms with Gasteiger partial charge >= 0.3 is 0 Å². The van der Waals surface area contributed by atoms with Crippen LogP contribution in [0.3, 0.4) is 0 Å². The summed E-state index contributed by atoms with van der Waals surface area (Å²) in [6.45, 7) is 1.75. The predicted molar refractivity (Wildman–Crippen MR) is 132 cm³/mol. The molecule has 36 heavy (non-hydrogen) atoms. The second-order valence-electron chi connectivity index (χ2n) is 7.42. The van der Waals surface area contributed by atoms with Crippen molar-refractivity contribution in [3.05, 3.63) is 59.3 Å². The lowest BCUT2D eigenvalue weighted by molar-refractivity contribution is 0.0895. The molecule has 0 spiro atoms. The highest BCUT2D eigenvalue weighted by Gasteiger charge is 2.31. The predicted octanol–water partition coefficient (Wildman–Crippen LogP) is 3.93. The zero-order valence-electron chi connectivity index (χ0n) is 21.2. The van der Waals surface area contributed by atoms with Gasteiger partial charge in [-0.3, -0.25) is 9.59 Å². The molecule has 2 aromatic carbocycles. The number of benzene rings is 2. The van der Waals surface area contributed by atoms with Gasteiger partial charge in [-0.25, -0.2) is 9.88 Å². The first kappa shape index (κ1) is 26.1. The maximum Gasteiger partial charge on any atom is 0.266 e. The Morgan fingerprint density at radius 3 is 1.36 bits per heavy atom. The van der Waals surface area contributed by atoms with Crippen molar-refractivity contribution in [1.82, 2.24) is 4.98 Å². The van der Waals surface area contributed by atoms with E-state index in [9.17, 15) is 9.59 Å². The molecule has 1 aromatic heterocycles. The van der Waals surface area contributed by atoms with Gasteiger partial charge in [0.15, 0.2) is 23.0 Å². The van der Waals surface area contributed by atoms with Crippen molar-refractivity contribution in [2.24, 2.45) is 0 Å². The van der Waals surface area contributed by atoms with E-state index in [-0.39, 0.29) is 39.9 Å². The maximum atomic E-state index is 13.9. The van der Waals surface area contributed by atoms with Gasteiger partial charge in [0, 0.05) is 17.3 Å². The molecule has 0 aliphatic heterocycles. The Hall–Kier alpha value is -4.47. The molecular formula is C26H28N2O8. The quantitative estimate of drug-likeness (QED) is 0.407. The molecule has 3 aromatic rings. The summed E-state index contributed by atoms with van der Waals surface area (Å²) in [5.41, 5.74) is 0.852. The van der Waals surface area contributed by atoms with Crippen LogP contribution in [0.1, 0.15) is 26.3 Å². The van der Waals surface area contributed by atoms with Crippen LogP contribution >= 0.6 is 0 Å². The van der Waals surface area contributed by atoms with Gasteiger partial charge in [0.25, 0.3) is 11.8 Å². The molecule has 0 unspecified atom stereocenters. The number of hydrogen-bond acceptors (Lipinski definition) is 9. The average Bonchev–Trinajstić information content (AvgIpc) is 2.91. The Bertz CT molecular complexity index is 1150. The number of rotatable bonds is 9. The van der Waals surface area contributed by atoms with Gasteiger partial charge in [0.1, 0.15) is 5.82 Å². The number of aromatic nitrogens is 1. The van der Waals surface area contributed by atoms with Crippen molar-refractivity contribution in [2.45, 2.75) is 6.92 Å². The summed E-state index contributed by atoms with van der Waals surface area (Å²) >= 11 is 0. The molecule has 0 saturated carbocycles. The van der Waals surface area contributed by atoms with Gasteiger partial charge in [-0.15, -0.1) is 0 Å². The van der Waals surface area contributed by atoms with E-state index in [1.54, 1.807) is 19.1 Å². The summed E-state index contributed by atoms with van der Waals surface area (Å²) in [6.07, 6.45) is 1.50. The topological polar surface area (TPSA) is 106 Å². The summed E-state index contributed by atoms with van der Waals surface area (Å²) in [5.74, 6) is 0.522. The lowest BCUT2D eigenvalue weighted by Crippen LogP contribution is -2.38. The third kappa shape index (κ3) is 4.83. The second-order valence-corrected chi connectivity index (χ2v) is 7.42. The normalized spacial score (nSPS) is 10.3. The molecule has 190 valence electrons. The summed E-state index contributed by atoms with van der Waals surface area (Å²) in [5, 5.41) is 0. The number of aryl methyl sites for hydroxylation is 1. The number of pyridine rings is 1. The van der Waals surface area contributed by atoms with Gasteiger partial charge in [-0.2, -0.15) is 0 Å². The van der Waals surface area contributed by atoms with Crippen LogP contribution in [0.4, 0.5) is 5.82 Å². The molecule has 0 saturated heterocycles. The van der Waals surface area contributed by atoms with Gasteiger partial charge in [-0.05, 0) is 42.8 Å². The molecule has 10 nitrogen and oxygen atoms in total. The van der Waals surface area contributed by atoms with Crippen LogP contribution < -0.4 is 33.3 Å². The minimum absolute atomic E-state index is 0.121. The fourth-order valence-corrected chi connectivity index (χ4v) is 3.66. The van der Waals surface area contributed by atoms with Gasteiger partial charge in [0.2, 0.25) is 11.5 Å². The van der Waals surface area contributed by atoms with Crippen LogP contribution in [-0.4, -0.2) is 59.5 Å². The molecule has 0 bridgehead atoms. The Balaban J connectivity index is 2.23. The smallest absolute Gasteiger partial charge is 0.266 e. The summed E-state index contributed by atoms with van der Waals surface area (Å²) in [4.78, 5) is 33.1. The highest BCUT2D eigenvalue weighted by molar-refractivity contribution is 6.26. The van der Waals surface area contributed by atoms with Crippen LogP contribution in [0.5, 0.6) is 34.5 Å². The zero-order chi connectivity index (χ0) is 26.4. The van der Waals surface area contributed by atoms with Crippen molar-refractivity contribution in [2.75, 3.05) is 47.6 Å².